The Bertz CT molecular complexity index is 499. The van der Waals surface area contributed by atoms with Gasteiger partial charge in [0.25, 0.3) is 5.91 Å². The summed E-state index contributed by atoms with van der Waals surface area (Å²) in [5.41, 5.74) is 0.485. The fraction of sp³-hybridized carbons (Fsp3) is 0.429. The van der Waals surface area contributed by atoms with Crippen LogP contribution in [0.2, 0.25) is 0 Å². The van der Waals surface area contributed by atoms with Gasteiger partial charge in [-0.25, -0.2) is 9.69 Å². The molecule has 3 amide bonds. The van der Waals surface area contributed by atoms with Gasteiger partial charge < -0.3 is 10.1 Å². The lowest BCUT2D eigenvalue weighted by Gasteiger charge is -2.16. The Balaban J connectivity index is 2.30. The molecule has 19 heavy (non-hydrogen) atoms. The lowest BCUT2D eigenvalue weighted by Crippen LogP contribution is -2.32. The summed E-state index contributed by atoms with van der Waals surface area (Å²) in [4.78, 5) is 25.4. The van der Waals surface area contributed by atoms with Crippen LogP contribution in [0.5, 0.6) is 5.75 Å². The van der Waals surface area contributed by atoms with Crippen molar-refractivity contribution in [3.05, 3.63) is 24.3 Å². The van der Waals surface area contributed by atoms with Crippen LogP contribution >= 0.6 is 0 Å². The van der Waals surface area contributed by atoms with Crippen LogP contribution in [0.4, 0.5) is 10.5 Å². The molecular formula is C14H18N2O3. The first-order valence-electron chi connectivity index (χ1n) is 6.32. The number of nitrogens with one attached hydrogen (secondary N) is 1. The second kappa shape index (κ2) is 5.30. The molecular weight excluding hydrogens is 244 g/mol. The Hall–Kier alpha value is -2.04. The van der Waals surface area contributed by atoms with Gasteiger partial charge in [0.1, 0.15) is 11.8 Å². The van der Waals surface area contributed by atoms with Gasteiger partial charge in [0.15, 0.2) is 0 Å². The maximum atomic E-state index is 12.3. The molecule has 2 rings (SSSR count). The van der Waals surface area contributed by atoms with Crippen LogP contribution < -0.4 is 15.0 Å². The Labute approximate surface area is 112 Å². The molecule has 0 spiro atoms. The molecule has 1 aromatic rings. The van der Waals surface area contributed by atoms with Gasteiger partial charge in [0, 0.05) is 0 Å². The first kappa shape index (κ1) is 13.4. The maximum Gasteiger partial charge on any atom is 0.329 e. The third-order valence-electron chi connectivity index (χ3n) is 3.05. The predicted molar refractivity (Wildman–Crippen MR) is 72.3 cm³/mol. The van der Waals surface area contributed by atoms with Crippen LogP contribution in [0, 0.1) is 5.92 Å². The Morgan fingerprint density at radius 3 is 2.63 bits per heavy atom. The number of hydrogen-bond acceptors (Lipinski definition) is 3. The van der Waals surface area contributed by atoms with Crippen LogP contribution in [-0.4, -0.2) is 25.1 Å². The van der Waals surface area contributed by atoms with E-state index in [0.29, 0.717) is 23.8 Å². The molecule has 102 valence electrons. The molecule has 5 heteroatoms. The number of benzene rings is 1. The minimum atomic E-state index is -0.447. The standard InChI is InChI=1S/C14H18N2O3/c1-9(2)8-10-13(17)16(14(18)15-10)11-6-4-5-7-12(11)19-3/h4-7,9-10H,8H2,1-3H3,(H,15,18). The van der Waals surface area contributed by atoms with Gasteiger partial charge in [0.2, 0.25) is 0 Å². The number of rotatable bonds is 4. The second-order valence-corrected chi connectivity index (χ2v) is 4.98. The molecule has 1 aromatic carbocycles. The lowest BCUT2D eigenvalue weighted by molar-refractivity contribution is -0.118. The average molecular weight is 262 g/mol. The van der Waals surface area contributed by atoms with Gasteiger partial charge in [-0.2, -0.15) is 0 Å². The van der Waals surface area contributed by atoms with E-state index in [1.54, 1.807) is 24.3 Å². The lowest BCUT2D eigenvalue weighted by atomic mass is 10.0. The van der Waals surface area contributed by atoms with Crippen molar-refractivity contribution in [1.82, 2.24) is 5.32 Å². The number of nitrogens with zero attached hydrogens (tertiary/aromatic N) is 1. The number of urea groups is 1. The van der Waals surface area contributed by atoms with E-state index in [1.165, 1.54) is 7.11 Å². The monoisotopic (exact) mass is 262 g/mol. The zero-order valence-corrected chi connectivity index (χ0v) is 11.3. The van der Waals surface area contributed by atoms with Gasteiger partial charge in [0.05, 0.1) is 12.8 Å². The molecule has 5 nitrogen and oxygen atoms in total. The summed E-state index contributed by atoms with van der Waals surface area (Å²) >= 11 is 0. The van der Waals surface area contributed by atoms with Gasteiger partial charge in [-0.1, -0.05) is 26.0 Å². The third kappa shape index (κ3) is 2.54. The quantitative estimate of drug-likeness (QED) is 0.846. The van der Waals surface area contributed by atoms with Crippen LogP contribution in [0.25, 0.3) is 0 Å². The number of amides is 3. The molecule has 0 aliphatic carbocycles. The van der Waals surface area contributed by atoms with Crippen LogP contribution in [0.1, 0.15) is 20.3 Å². The van der Waals surface area contributed by atoms with E-state index < -0.39 is 6.04 Å². The summed E-state index contributed by atoms with van der Waals surface area (Å²) in [5, 5.41) is 2.72. The average Bonchev–Trinajstić information content (AvgIpc) is 2.64. The van der Waals surface area contributed by atoms with Crippen molar-refractivity contribution in [1.29, 1.82) is 0 Å². The third-order valence-corrected chi connectivity index (χ3v) is 3.05. The SMILES string of the molecule is COc1ccccc1N1C(=O)NC(CC(C)C)C1=O. The summed E-state index contributed by atoms with van der Waals surface area (Å²) in [7, 11) is 1.52. The normalized spacial score (nSPS) is 18.9. The number of hydrogen-bond donors (Lipinski definition) is 1. The second-order valence-electron chi connectivity index (χ2n) is 4.98. The molecule has 1 aliphatic rings. The van der Waals surface area contributed by atoms with E-state index in [-0.39, 0.29) is 11.9 Å². The van der Waals surface area contributed by atoms with Crippen molar-refractivity contribution >= 4 is 17.6 Å². The number of para-hydroxylation sites is 2. The first-order chi connectivity index (χ1) is 9.04. The Morgan fingerprint density at radius 2 is 2.00 bits per heavy atom. The summed E-state index contributed by atoms with van der Waals surface area (Å²) in [5.74, 6) is 0.631. The molecule has 1 N–H and O–H groups in total. The maximum absolute atomic E-state index is 12.3. The number of anilines is 1. The predicted octanol–water partition coefficient (Wildman–Crippen LogP) is 2.17. The summed E-state index contributed by atoms with van der Waals surface area (Å²) in [6.45, 7) is 4.04. The number of imide groups is 1. The molecule has 0 aromatic heterocycles. The molecule has 1 unspecified atom stereocenters. The highest BCUT2D eigenvalue weighted by molar-refractivity contribution is 6.22. The summed E-state index contributed by atoms with van der Waals surface area (Å²) < 4.78 is 5.20. The van der Waals surface area contributed by atoms with Crippen LogP contribution in [0.15, 0.2) is 24.3 Å². The smallest absolute Gasteiger partial charge is 0.329 e. The molecule has 1 atom stereocenters. The van der Waals surface area contributed by atoms with Gasteiger partial charge in [-0.3, -0.25) is 4.79 Å². The van der Waals surface area contributed by atoms with E-state index in [9.17, 15) is 9.59 Å². The summed E-state index contributed by atoms with van der Waals surface area (Å²) in [6, 6.07) is 6.16. The van der Waals surface area contributed by atoms with E-state index in [4.69, 9.17) is 4.74 Å². The first-order valence-corrected chi connectivity index (χ1v) is 6.32. The van der Waals surface area contributed by atoms with Gasteiger partial charge >= 0.3 is 6.03 Å². The number of methoxy groups -OCH3 is 1. The van der Waals surface area contributed by atoms with Crippen LogP contribution in [0.3, 0.4) is 0 Å². The van der Waals surface area contributed by atoms with E-state index in [1.807, 2.05) is 13.8 Å². The van der Waals surface area contributed by atoms with Crippen LogP contribution in [-0.2, 0) is 4.79 Å². The van der Waals surface area contributed by atoms with Crippen molar-refractivity contribution in [2.24, 2.45) is 5.92 Å². The topological polar surface area (TPSA) is 58.6 Å². The van der Waals surface area contributed by atoms with Crippen molar-refractivity contribution in [3.63, 3.8) is 0 Å². The molecule has 0 bridgehead atoms. The molecule has 1 saturated heterocycles. The molecule has 1 fully saturated rings. The zero-order chi connectivity index (χ0) is 14.0. The Kier molecular flexibility index (Phi) is 3.74. The highest BCUT2D eigenvalue weighted by atomic mass is 16.5. The van der Waals surface area contributed by atoms with E-state index in [0.717, 1.165) is 4.90 Å². The molecule has 1 heterocycles. The summed E-state index contributed by atoms with van der Waals surface area (Å²) in [6.07, 6.45) is 0.635. The van der Waals surface area contributed by atoms with Crippen molar-refractivity contribution in [2.75, 3.05) is 12.0 Å². The largest absolute Gasteiger partial charge is 0.495 e. The fourth-order valence-electron chi connectivity index (χ4n) is 2.21. The van der Waals surface area contributed by atoms with Crippen molar-refractivity contribution < 1.29 is 14.3 Å². The Morgan fingerprint density at radius 1 is 1.32 bits per heavy atom. The van der Waals surface area contributed by atoms with Gasteiger partial charge in [-0.15, -0.1) is 0 Å². The minimum absolute atomic E-state index is 0.219. The van der Waals surface area contributed by atoms with Gasteiger partial charge in [-0.05, 0) is 24.5 Å². The molecule has 0 saturated carbocycles. The minimum Gasteiger partial charge on any atom is -0.495 e. The number of carbonyl (C=O) groups is 2. The molecule has 0 radical (unpaired) electrons. The van der Waals surface area contributed by atoms with E-state index >= 15 is 0 Å². The van der Waals surface area contributed by atoms with Crippen molar-refractivity contribution in [3.8, 4) is 5.75 Å². The zero-order valence-electron chi connectivity index (χ0n) is 11.3. The highest BCUT2D eigenvalue weighted by Crippen LogP contribution is 2.30. The number of ether oxygens (including phenoxy) is 1. The molecule has 1 aliphatic heterocycles. The fourth-order valence-corrected chi connectivity index (χ4v) is 2.21. The van der Waals surface area contributed by atoms with Crippen molar-refractivity contribution in [2.45, 2.75) is 26.3 Å². The highest BCUT2D eigenvalue weighted by Gasteiger charge is 2.40. The van der Waals surface area contributed by atoms with E-state index in [2.05, 4.69) is 5.32 Å². The number of carbonyl (C=O) groups excluding carboxylic acids is 2.